The first-order valence-corrected chi connectivity index (χ1v) is 8.58. The van der Waals surface area contributed by atoms with E-state index in [0.717, 1.165) is 18.4 Å². The highest BCUT2D eigenvalue weighted by Crippen LogP contribution is 2.47. The van der Waals surface area contributed by atoms with Crippen molar-refractivity contribution >= 4 is 29.9 Å². The molecule has 0 bridgehead atoms. The Bertz CT molecular complexity index is 364. The van der Waals surface area contributed by atoms with Gasteiger partial charge in [0, 0.05) is 32.7 Å². The van der Waals surface area contributed by atoms with Crippen molar-refractivity contribution in [1.82, 2.24) is 15.1 Å². The first kappa shape index (κ1) is 20.0. The molecule has 0 aromatic carbocycles. The van der Waals surface area contributed by atoms with Crippen molar-refractivity contribution in [2.45, 2.75) is 52.0 Å². The van der Waals surface area contributed by atoms with Crippen LogP contribution in [0.15, 0.2) is 4.99 Å². The number of nitrogens with one attached hydrogen (secondary N) is 1. The molecular weight excluding hydrogens is 387 g/mol. The van der Waals surface area contributed by atoms with Gasteiger partial charge in [-0.25, -0.2) is 0 Å². The summed E-state index contributed by atoms with van der Waals surface area (Å²) in [5.74, 6) is 1.83. The molecule has 0 radical (unpaired) electrons. The van der Waals surface area contributed by atoms with Gasteiger partial charge in [0.25, 0.3) is 0 Å². The van der Waals surface area contributed by atoms with Crippen LogP contribution < -0.4 is 5.32 Å². The Morgan fingerprint density at radius 2 is 1.95 bits per heavy atom. The fourth-order valence-corrected chi connectivity index (χ4v) is 3.76. The van der Waals surface area contributed by atoms with E-state index in [-0.39, 0.29) is 24.0 Å². The van der Waals surface area contributed by atoms with Gasteiger partial charge in [-0.05, 0) is 51.1 Å². The van der Waals surface area contributed by atoms with Crippen LogP contribution in [0.3, 0.4) is 0 Å². The number of rotatable bonds is 5. The summed E-state index contributed by atoms with van der Waals surface area (Å²) in [7, 11) is 6.27. The van der Waals surface area contributed by atoms with E-state index in [1.165, 1.54) is 45.2 Å². The van der Waals surface area contributed by atoms with E-state index in [1.807, 2.05) is 7.05 Å². The number of aliphatic imine (C=N–C) groups is 1. The molecule has 0 amide bonds. The lowest BCUT2D eigenvalue weighted by molar-refractivity contribution is 0.151. The third-order valence-electron chi connectivity index (χ3n) is 5.33. The first-order valence-electron chi connectivity index (χ1n) is 8.58. The quantitative estimate of drug-likeness (QED) is 0.420. The summed E-state index contributed by atoms with van der Waals surface area (Å²) in [6.45, 7) is 7.97. The molecule has 1 saturated carbocycles. The lowest BCUT2D eigenvalue weighted by atomic mass is 9.68. The Morgan fingerprint density at radius 3 is 2.36 bits per heavy atom. The van der Waals surface area contributed by atoms with E-state index in [0.29, 0.717) is 11.5 Å². The Hall–Kier alpha value is -0.0400. The third-order valence-corrected chi connectivity index (χ3v) is 5.33. The maximum absolute atomic E-state index is 4.52. The van der Waals surface area contributed by atoms with Crippen molar-refractivity contribution in [2.75, 3.05) is 40.8 Å². The average Bonchev–Trinajstić information content (AvgIpc) is 2.82. The molecule has 1 atom stereocenters. The van der Waals surface area contributed by atoms with Gasteiger partial charge in [-0.2, -0.15) is 0 Å². The molecule has 2 rings (SSSR count). The number of halogens is 1. The monoisotopic (exact) mass is 422 g/mol. The van der Waals surface area contributed by atoms with Crippen molar-refractivity contribution in [2.24, 2.45) is 16.3 Å². The fourth-order valence-electron chi connectivity index (χ4n) is 3.76. The van der Waals surface area contributed by atoms with Gasteiger partial charge < -0.3 is 15.1 Å². The molecule has 1 heterocycles. The molecule has 1 aliphatic carbocycles. The maximum Gasteiger partial charge on any atom is 0.193 e. The number of hydrogen-bond donors (Lipinski definition) is 1. The zero-order valence-electron chi connectivity index (χ0n) is 15.1. The Morgan fingerprint density at radius 1 is 1.27 bits per heavy atom. The van der Waals surface area contributed by atoms with E-state index < -0.39 is 0 Å². The van der Waals surface area contributed by atoms with Gasteiger partial charge in [0.2, 0.25) is 0 Å². The molecule has 1 saturated heterocycles. The number of guanidine groups is 1. The SMILES string of the molecule is CN=C(NCC(CC(C)C)N(C)C)N1CCC2(CCC2)C1.I. The lowest BCUT2D eigenvalue weighted by Crippen LogP contribution is -2.47. The van der Waals surface area contributed by atoms with Crippen LogP contribution in [0, 0.1) is 11.3 Å². The number of likely N-dealkylation sites (tertiary alicyclic amines) is 1. The van der Waals surface area contributed by atoms with Gasteiger partial charge in [-0.3, -0.25) is 4.99 Å². The molecule has 0 aromatic rings. The molecule has 2 aliphatic rings. The average molecular weight is 422 g/mol. The Balaban J connectivity index is 0.00000242. The van der Waals surface area contributed by atoms with Crippen LogP contribution in [0.5, 0.6) is 0 Å². The highest BCUT2D eigenvalue weighted by Gasteiger charge is 2.43. The van der Waals surface area contributed by atoms with Crippen LogP contribution in [0.1, 0.15) is 46.0 Å². The fraction of sp³-hybridized carbons (Fsp3) is 0.941. The highest BCUT2D eigenvalue weighted by molar-refractivity contribution is 14.0. The van der Waals surface area contributed by atoms with Crippen molar-refractivity contribution in [3.63, 3.8) is 0 Å². The van der Waals surface area contributed by atoms with Gasteiger partial charge in [0.15, 0.2) is 5.96 Å². The molecule has 1 unspecified atom stereocenters. The molecular formula is C17H35IN4. The van der Waals surface area contributed by atoms with Gasteiger partial charge in [0.05, 0.1) is 0 Å². The van der Waals surface area contributed by atoms with E-state index in [9.17, 15) is 0 Å². The lowest BCUT2D eigenvalue weighted by Gasteiger charge is -2.38. The third kappa shape index (κ3) is 4.98. The minimum absolute atomic E-state index is 0. The molecule has 4 nitrogen and oxygen atoms in total. The van der Waals surface area contributed by atoms with Crippen LogP contribution in [0.4, 0.5) is 0 Å². The maximum atomic E-state index is 4.52. The van der Waals surface area contributed by atoms with Gasteiger partial charge in [-0.1, -0.05) is 20.3 Å². The summed E-state index contributed by atoms with van der Waals surface area (Å²) < 4.78 is 0. The van der Waals surface area contributed by atoms with Crippen LogP contribution in [0.25, 0.3) is 0 Å². The number of likely N-dealkylation sites (N-methyl/N-ethyl adjacent to an activating group) is 1. The van der Waals surface area contributed by atoms with E-state index in [2.05, 4.69) is 48.1 Å². The van der Waals surface area contributed by atoms with Gasteiger partial charge >= 0.3 is 0 Å². The van der Waals surface area contributed by atoms with E-state index in [1.54, 1.807) is 0 Å². The standard InChI is InChI=1S/C17H34N4.HI/c1-14(2)11-15(20(4)5)12-19-16(18-3)21-10-9-17(13-21)7-6-8-17;/h14-15H,6-13H2,1-5H3,(H,18,19);1H. The minimum atomic E-state index is 0. The van der Waals surface area contributed by atoms with Crippen LogP contribution in [0.2, 0.25) is 0 Å². The summed E-state index contributed by atoms with van der Waals surface area (Å²) in [5, 5.41) is 3.62. The zero-order valence-corrected chi connectivity index (χ0v) is 17.4. The molecule has 1 N–H and O–H groups in total. The largest absolute Gasteiger partial charge is 0.355 e. The summed E-state index contributed by atoms with van der Waals surface area (Å²) >= 11 is 0. The number of hydrogen-bond acceptors (Lipinski definition) is 2. The first-order chi connectivity index (χ1) is 9.96. The minimum Gasteiger partial charge on any atom is -0.355 e. The second-order valence-corrected chi connectivity index (χ2v) is 7.70. The second-order valence-electron chi connectivity index (χ2n) is 7.70. The summed E-state index contributed by atoms with van der Waals surface area (Å²) in [4.78, 5) is 9.32. The highest BCUT2D eigenvalue weighted by atomic mass is 127. The van der Waals surface area contributed by atoms with Crippen LogP contribution in [-0.4, -0.2) is 62.6 Å². The topological polar surface area (TPSA) is 30.9 Å². The van der Waals surface area contributed by atoms with Crippen molar-refractivity contribution in [3.8, 4) is 0 Å². The molecule has 1 spiro atoms. The summed E-state index contributed by atoms with van der Waals surface area (Å²) in [6, 6.07) is 0.571. The zero-order chi connectivity index (χ0) is 15.5. The Kier molecular flexibility index (Phi) is 7.92. The normalized spacial score (nSPS) is 22.0. The summed E-state index contributed by atoms with van der Waals surface area (Å²) in [5.41, 5.74) is 0.635. The molecule has 5 heteroatoms. The number of nitrogens with zero attached hydrogens (tertiary/aromatic N) is 3. The predicted molar refractivity (Wildman–Crippen MR) is 106 cm³/mol. The van der Waals surface area contributed by atoms with E-state index >= 15 is 0 Å². The predicted octanol–water partition coefficient (Wildman–Crippen LogP) is 3.03. The van der Waals surface area contributed by atoms with Gasteiger partial charge in [-0.15, -0.1) is 24.0 Å². The molecule has 130 valence electrons. The molecule has 22 heavy (non-hydrogen) atoms. The Labute approximate surface area is 154 Å². The molecule has 1 aliphatic heterocycles. The van der Waals surface area contributed by atoms with Crippen molar-refractivity contribution in [3.05, 3.63) is 0 Å². The molecule has 0 aromatic heterocycles. The van der Waals surface area contributed by atoms with Crippen molar-refractivity contribution < 1.29 is 0 Å². The van der Waals surface area contributed by atoms with E-state index in [4.69, 9.17) is 0 Å². The smallest absolute Gasteiger partial charge is 0.193 e. The van der Waals surface area contributed by atoms with Gasteiger partial charge in [0.1, 0.15) is 0 Å². The second kappa shape index (κ2) is 8.71. The summed E-state index contributed by atoms with van der Waals surface area (Å²) in [6.07, 6.45) is 6.86. The van der Waals surface area contributed by atoms with Crippen LogP contribution >= 0.6 is 24.0 Å². The van der Waals surface area contributed by atoms with Crippen molar-refractivity contribution in [1.29, 1.82) is 0 Å². The van der Waals surface area contributed by atoms with Crippen LogP contribution in [-0.2, 0) is 0 Å². The molecule has 2 fully saturated rings.